The quantitative estimate of drug-likeness (QED) is 0.886. The minimum Gasteiger partial charge on any atom is -0.490 e. The van der Waals surface area contributed by atoms with E-state index in [0.29, 0.717) is 11.6 Å². The Labute approximate surface area is 125 Å². The van der Waals surface area contributed by atoms with Crippen molar-refractivity contribution in [2.75, 3.05) is 13.7 Å². The summed E-state index contributed by atoms with van der Waals surface area (Å²) in [6.45, 7) is 4.67. The van der Waals surface area contributed by atoms with Gasteiger partial charge in [-0.15, -0.1) is 0 Å². The fourth-order valence-corrected chi connectivity index (χ4v) is 2.49. The third-order valence-electron chi connectivity index (χ3n) is 3.41. The van der Waals surface area contributed by atoms with Gasteiger partial charge in [0.05, 0.1) is 11.1 Å². The second-order valence-electron chi connectivity index (χ2n) is 4.94. The van der Waals surface area contributed by atoms with E-state index in [1.807, 2.05) is 44.3 Å². The van der Waals surface area contributed by atoms with Crippen LogP contribution in [-0.4, -0.2) is 13.7 Å². The van der Waals surface area contributed by atoms with Gasteiger partial charge in [-0.3, -0.25) is 0 Å². The largest absolute Gasteiger partial charge is 0.490 e. The van der Waals surface area contributed by atoms with E-state index in [1.54, 1.807) is 0 Å². The third kappa shape index (κ3) is 3.53. The first-order chi connectivity index (χ1) is 9.61. The molecule has 0 amide bonds. The molecule has 2 rings (SSSR count). The number of benzene rings is 2. The topological polar surface area (TPSA) is 21.3 Å². The standard InChI is InChI=1S/C17H20ClNO/c1-12-8-9-17(15(18)10-12)20-11-16(19-3)14-7-5-4-6-13(14)2/h4-10,16,19H,11H2,1-3H3. The maximum absolute atomic E-state index is 6.19. The van der Waals surface area contributed by atoms with Crippen LogP contribution in [0.2, 0.25) is 5.02 Å². The summed E-state index contributed by atoms with van der Waals surface area (Å²) in [7, 11) is 1.94. The van der Waals surface area contributed by atoms with Gasteiger partial charge in [0.2, 0.25) is 0 Å². The molecule has 0 aliphatic rings. The van der Waals surface area contributed by atoms with Crippen LogP contribution in [0, 0.1) is 13.8 Å². The van der Waals surface area contributed by atoms with E-state index in [2.05, 4.69) is 24.4 Å². The van der Waals surface area contributed by atoms with Crippen LogP contribution in [0.4, 0.5) is 0 Å². The minimum atomic E-state index is 0.147. The molecular formula is C17H20ClNO. The molecule has 20 heavy (non-hydrogen) atoms. The Kier molecular flexibility index (Phi) is 5.05. The lowest BCUT2D eigenvalue weighted by atomic mass is 10.0. The van der Waals surface area contributed by atoms with Gasteiger partial charge in [-0.1, -0.05) is 41.9 Å². The Morgan fingerprint density at radius 2 is 1.90 bits per heavy atom. The smallest absolute Gasteiger partial charge is 0.138 e. The van der Waals surface area contributed by atoms with Crippen molar-refractivity contribution < 1.29 is 4.74 Å². The summed E-state index contributed by atoms with van der Waals surface area (Å²) < 4.78 is 5.86. The number of nitrogens with one attached hydrogen (secondary N) is 1. The molecule has 0 bridgehead atoms. The first-order valence-electron chi connectivity index (χ1n) is 6.73. The molecule has 0 heterocycles. The highest BCUT2D eigenvalue weighted by atomic mass is 35.5. The Balaban J connectivity index is 2.10. The third-order valence-corrected chi connectivity index (χ3v) is 3.70. The molecule has 106 valence electrons. The minimum absolute atomic E-state index is 0.147. The average Bonchev–Trinajstić information content (AvgIpc) is 2.43. The number of halogens is 1. The van der Waals surface area contributed by atoms with Crippen LogP contribution in [0.5, 0.6) is 5.75 Å². The SMILES string of the molecule is CNC(COc1ccc(C)cc1Cl)c1ccccc1C. The Hall–Kier alpha value is -1.51. The lowest BCUT2D eigenvalue weighted by Gasteiger charge is -2.20. The normalized spacial score (nSPS) is 12.2. The molecule has 1 atom stereocenters. The Morgan fingerprint density at radius 1 is 1.15 bits per heavy atom. The summed E-state index contributed by atoms with van der Waals surface area (Å²) in [5, 5.41) is 3.95. The highest BCUT2D eigenvalue weighted by molar-refractivity contribution is 6.32. The first-order valence-corrected chi connectivity index (χ1v) is 7.11. The summed E-state index contributed by atoms with van der Waals surface area (Å²) in [5.41, 5.74) is 3.63. The van der Waals surface area contributed by atoms with E-state index >= 15 is 0 Å². The molecule has 0 aliphatic heterocycles. The number of rotatable bonds is 5. The molecule has 3 heteroatoms. The van der Waals surface area contributed by atoms with E-state index in [1.165, 1.54) is 11.1 Å². The molecule has 0 saturated carbocycles. The molecule has 1 unspecified atom stereocenters. The maximum atomic E-state index is 6.19. The van der Waals surface area contributed by atoms with Crippen molar-refractivity contribution in [1.82, 2.24) is 5.32 Å². The molecule has 2 aromatic rings. The zero-order valence-corrected chi connectivity index (χ0v) is 12.9. The molecule has 0 radical (unpaired) electrons. The van der Waals surface area contributed by atoms with Gasteiger partial charge in [0, 0.05) is 0 Å². The van der Waals surface area contributed by atoms with Crippen molar-refractivity contribution in [2.45, 2.75) is 19.9 Å². The van der Waals surface area contributed by atoms with Crippen LogP contribution < -0.4 is 10.1 Å². The van der Waals surface area contributed by atoms with Gasteiger partial charge in [-0.25, -0.2) is 0 Å². The second-order valence-corrected chi connectivity index (χ2v) is 5.35. The summed E-state index contributed by atoms with van der Waals surface area (Å²) in [6, 6.07) is 14.3. The number of likely N-dealkylation sites (N-methyl/N-ethyl adjacent to an activating group) is 1. The summed E-state index contributed by atoms with van der Waals surface area (Å²) >= 11 is 6.19. The number of hydrogen-bond acceptors (Lipinski definition) is 2. The van der Waals surface area contributed by atoms with Crippen molar-refractivity contribution in [3.05, 3.63) is 64.2 Å². The lowest BCUT2D eigenvalue weighted by molar-refractivity contribution is 0.273. The van der Waals surface area contributed by atoms with Crippen molar-refractivity contribution >= 4 is 11.6 Å². The van der Waals surface area contributed by atoms with Gasteiger partial charge >= 0.3 is 0 Å². The monoisotopic (exact) mass is 289 g/mol. The molecule has 0 aromatic heterocycles. The van der Waals surface area contributed by atoms with Crippen LogP contribution in [0.15, 0.2) is 42.5 Å². The van der Waals surface area contributed by atoms with Gasteiger partial charge in [-0.2, -0.15) is 0 Å². The lowest BCUT2D eigenvalue weighted by Crippen LogP contribution is -2.24. The van der Waals surface area contributed by atoms with E-state index in [9.17, 15) is 0 Å². The highest BCUT2D eigenvalue weighted by Gasteiger charge is 2.13. The van der Waals surface area contributed by atoms with Gasteiger partial charge in [0.15, 0.2) is 0 Å². The van der Waals surface area contributed by atoms with Crippen LogP contribution in [0.1, 0.15) is 22.7 Å². The van der Waals surface area contributed by atoms with E-state index in [-0.39, 0.29) is 6.04 Å². The number of aryl methyl sites for hydroxylation is 2. The van der Waals surface area contributed by atoms with Crippen LogP contribution >= 0.6 is 11.6 Å². The molecule has 0 aliphatic carbocycles. The predicted molar refractivity (Wildman–Crippen MR) is 84.7 cm³/mol. The fraction of sp³-hybridized carbons (Fsp3) is 0.294. The van der Waals surface area contributed by atoms with Gasteiger partial charge in [-0.05, 0) is 49.7 Å². The predicted octanol–water partition coefficient (Wildman–Crippen LogP) is 4.30. The molecule has 1 N–H and O–H groups in total. The van der Waals surface area contributed by atoms with Crippen LogP contribution in [-0.2, 0) is 0 Å². The second kappa shape index (κ2) is 6.78. The fourth-order valence-electron chi connectivity index (χ4n) is 2.20. The molecule has 2 aromatic carbocycles. The van der Waals surface area contributed by atoms with Crippen molar-refractivity contribution in [2.24, 2.45) is 0 Å². The zero-order valence-electron chi connectivity index (χ0n) is 12.1. The van der Waals surface area contributed by atoms with Crippen LogP contribution in [0.25, 0.3) is 0 Å². The van der Waals surface area contributed by atoms with Gasteiger partial charge < -0.3 is 10.1 Å². The van der Waals surface area contributed by atoms with Crippen molar-refractivity contribution in [3.8, 4) is 5.75 Å². The number of ether oxygens (including phenoxy) is 1. The Bertz CT molecular complexity index is 583. The summed E-state index contributed by atoms with van der Waals surface area (Å²) in [5.74, 6) is 0.728. The average molecular weight is 290 g/mol. The van der Waals surface area contributed by atoms with E-state index in [0.717, 1.165) is 11.3 Å². The molecule has 2 nitrogen and oxygen atoms in total. The van der Waals surface area contributed by atoms with E-state index < -0.39 is 0 Å². The summed E-state index contributed by atoms with van der Waals surface area (Å²) in [4.78, 5) is 0. The first kappa shape index (κ1) is 14.9. The van der Waals surface area contributed by atoms with E-state index in [4.69, 9.17) is 16.3 Å². The molecule has 0 spiro atoms. The maximum Gasteiger partial charge on any atom is 0.138 e. The van der Waals surface area contributed by atoms with Crippen LogP contribution in [0.3, 0.4) is 0 Å². The Morgan fingerprint density at radius 3 is 2.55 bits per heavy atom. The number of hydrogen-bond donors (Lipinski definition) is 1. The molecule has 0 fully saturated rings. The van der Waals surface area contributed by atoms with Gasteiger partial charge in [0.25, 0.3) is 0 Å². The van der Waals surface area contributed by atoms with Gasteiger partial charge in [0.1, 0.15) is 12.4 Å². The van der Waals surface area contributed by atoms with Crippen molar-refractivity contribution in [3.63, 3.8) is 0 Å². The highest BCUT2D eigenvalue weighted by Crippen LogP contribution is 2.26. The zero-order chi connectivity index (χ0) is 14.5. The molecular weight excluding hydrogens is 270 g/mol. The van der Waals surface area contributed by atoms with Crippen molar-refractivity contribution in [1.29, 1.82) is 0 Å². The summed E-state index contributed by atoms with van der Waals surface area (Å²) in [6.07, 6.45) is 0. The molecule has 0 saturated heterocycles.